The normalized spacial score (nSPS) is 13.0. The molecule has 0 N–H and O–H groups in total. The molecule has 0 saturated heterocycles. The van der Waals surface area contributed by atoms with E-state index in [-0.39, 0.29) is 11.9 Å². The first-order valence-corrected chi connectivity index (χ1v) is 18.0. The monoisotopic (exact) mass is 597 g/mol. The third-order valence-corrected chi connectivity index (χ3v) is 8.04. The molecular formula is C36H72N2O4. The van der Waals surface area contributed by atoms with Gasteiger partial charge in [-0.1, -0.05) is 142 Å². The summed E-state index contributed by atoms with van der Waals surface area (Å²) in [4.78, 5) is 29.5. The van der Waals surface area contributed by atoms with Crippen molar-refractivity contribution in [2.75, 3.05) is 41.3 Å². The van der Waals surface area contributed by atoms with Gasteiger partial charge < -0.3 is 19.3 Å². The van der Waals surface area contributed by atoms with Gasteiger partial charge >= 0.3 is 11.9 Å². The van der Waals surface area contributed by atoms with E-state index in [2.05, 4.69) is 13.8 Å². The molecule has 0 aromatic heterocycles. The Balaban J connectivity index is 4.36. The number of carbonyl (C=O) groups excluding carboxylic acids is 2. The third kappa shape index (κ3) is 27.7. The molecule has 0 spiro atoms. The van der Waals surface area contributed by atoms with Crippen LogP contribution in [0.4, 0.5) is 0 Å². The summed E-state index contributed by atoms with van der Waals surface area (Å²) in [5, 5.41) is 0. The number of hydrogen-bond acceptors (Lipinski definition) is 6. The average molecular weight is 597 g/mol. The Morgan fingerprint density at radius 2 is 0.667 bits per heavy atom. The summed E-state index contributed by atoms with van der Waals surface area (Å²) in [6.45, 7) is 5.59. The lowest BCUT2D eigenvalue weighted by Gasteiger charge is -2.31. The molecule has 0 heterocycles. The second-order valence-electron chi connectivity index (χ2n) is 13.2. The Labute approximate surface area is 262 Å². The van der Waals surface area contributed by atoms with Gasteiger partial charge in [0.25, 0.3) is 0 Å². The minimum Gasteiger partial charge on any atom is -0.457 e. The molecule has 0 bridgehead atoms. The van der Waals surface area contributed by atoms with Crippen molar-refractivity contribution in [2.24, 2.45) is 0 Å². The van der Waals surface area contributed by atoms with Crippen molar-refractivity contribution in [3.8, 4) is 0 Å². The highest BCUT2D eigenvalue weighted by Crippen LogP contribution is 2.16. The van der Waals surface area contributed by atoms with E-state index in [1.807, 2.05) is 38.0 Å². The van der Waals surface area contributed by atoms with Crippen LogP contribution in [-0.4, -0.2) is 75.2 Å². The van der Waals surface area contributed by atoms with Crippen LogP contribution in [0.15, 0.2) is 0 Å². The molecular weight excluding hydrogens is 524 g/mol. The lowest BCUT2D eigenvalue weighted by atomic mass is 10.1. The Hall–Kier alpha value is -1.14. The molecule has 0 amide bonds. The maximum atomic E-state index is 12.8. The Kier molecular flexibility index (Phi) is 29.1. The fourth-order valence-corrected chi connectivity index (χ4v) is 5.50. The zero-order chi connectivity index (χ0) is 31.3. The maximum Gasteiger partial charge on any atom is 0.306 e. The predicted octanol–water partition coefficient (Wildman–Crippen LogP) is 9.34. The number of unbranched alkanes of at least 4 members (excludes halogenated alkanes) is 20. The maximum absolute atomic E-state index is 12.8. The highest BCUT2D eigenvalue weighted by Gasteiger charge is 2.30. The number of rotatable bonds is 31. The molecule has 0 fully saturated rings. The number of hydrogen-bond donors (Lipinski definition) is 0. The topological polar surface area (TPSA) is 59.1 Å². The molecule has 0 aromatic rings. The summed E-state index contributed by atoms with van der Waals surface area (Å²) in [6, 6.07) is 0. The number of ether oxygens (including phenoxy) is 2. The molecule has 6 heteroatoms. The minimum absolute atomic E-state index is 0.178. The third-order valence-electron chi connectivity index (χ3n) is 8.04. The van der Waals surface area contributed by atoms with Gasteiger partial charge in [-0.25, -0.2) is 0 Å². The van der Waals surface area contributed by atoms with E-state index in [1.165, 1.54) is 116 Å². The van der Waals surface area contributed by atoms with Crippen LogP contribution >= 0.6 is 0 Å². The van der Waals surface area contributed by atoms with Gasteiger partial charge in [0.2, 0.25) is 0 Å². The van der Waals surface area contributed by atoms with Crippen molar-refractivity contribution in [3.63, 3.8) is 0 Å². The first kappa shape index (κ1) is 40.9. The highest BCUT2D eigenvalue weighted by atomic mass is 16.6. The molecule has 0 saturated carbocycles. The SMILES string of the molecule is CCCCCCCCCCCCCC(=O)OC(CN(C)C)C(CN(C)C)OC(=O)CCCCCCCCCCCCC. The van der Waals surface area contributed by atoms with Crippen LogP contribution in [0, 0.1) is 0 Å². The van der Waals surface area contributed by atoms with Crippen LogP contribution in [0.3, 0.4) is 0 Å². The predicted molar refractivity (Wildman–Crippen MR) is 179 cm³/mol. The number of carbonyl (C=O) groups is 2. The molecule has 42 heavy (non-hydrogen) atoms. The van der Waals surface area contributed by atoms with Crippen LogP contribution in [0.5, 0.6) is 0 Å². The second-order valence-corrected chi connectivity index (χ2v) is 13.2. The number of likely N-dealkylation sites (N-methyl/N-ethyl adjacent to an activating group) is 2. The molecule has 2 unspecified atom stereocenters. The Bertz CT molecular complexity index is 559. The molecule has 250 valence electrons. The van der Waals surface area contributed by atoms with Gasteiger partial charge in [-0.2, -0.15) is 0 Å². The summed E-state index contributed by atoms with van der Waals surface area (Å²) < 4.78 is 11.9. The number of nitrogens with zero attached hydrogens (tertiary/aromatic N) is 2. The van der Waals surface area contributed by atoms with Crippen LogP contribution in [0.1, 0.15) is 168 Å². The molecule has 0 aromatic carbocycles. The quantitative estimate of drug-likeness (QED) is 0.0587. The molecule has 0 rings (SSSR count). The van der Waals surface area contributed by atoms with Crippen LogP contribution < -0.4 is 0 Å². The van der Waals surface area contributed by atoms with Gasteiger partial charge in [0.15, 0.2) is 12.2 Å². The van der Waals surface area contributed by atoms with Gasteiger partial charge in [-0.3, -0.25) is 9.59 Å². The van der Waals surface area contributed by atoms with Crippen LogP contribution in [-0.2, 0) is 19.1 Å². The van der Waals surface area contributed by atoms with E-state index in [1.54, 1.807) is 0 Å². The van der Waals surface area contributed by atoms with Gasteiger partial charge in [0.05, 0.1) is 0 Å². The highest BCUT2D eigenvalue weighted by molar-refractivity contribution is 5.70. The van der Waals surface area contributed by atoms with E-state index >= 15 is 0 Å². The zero-order valence-corrected chi connectivity index (χ0v) is 29.1. The average Bonchev–Trinajstić information content (AvgIpc) is 2.93. The summed E-state index contributed by atoms with van der Waals surface area (Å²) in [7, 11) is 7.85. The Morgan fingerprint density at radius 1 is 0.429 bits per heavy atom. The first-order valence-electron chi connectivity index (χ1n) is 18.0. The van der Waals surface area contributed by atoms with E-state index in [4.69, 9.17) is 9.47 Å². The lowest BCUT2D eigenvalue weighted by molar-refractivity contribution is -0.170. The van der Waals surface area contributed by atoms with Crippen LogP contribution in [0.25, 0.3) is 0 Å². The number of esters is 2. The van der Waals surface area contributed by atoms with Gasteiger partial charge in [-0.15, -0.1) is 0 Å². The van der Waals surface area contributed by atoms with Gasteiger partial charge in [0, 0.05) is 25.9 Å². The standard InChI is InChI=1S/C36H72N2O4/c1-7-9-11-13-15-17-19-21-23-25-27-29-35(39)41-33(31-37(3)4)34(32-38(5)6)42-36(40)30-28-26-24-22-20-18-16-14-12-10-8-2/h33-34H,7-32H2,1-6H3. The largest absolute Gasteiger partial charge is 0.457 e. The van der Waals surface area contributed by atoms with Crippen molar-refractivity contribution in [2.45, 2.75) is 180 Å². The van der Waals surface area contributed by atoms with Crippen molar-refractivity contribution in [3.05, 3.63) is 0 Å². The van der Waals surface area contributed by atoms with Gasteiger partial charge in [-0.05, 0) is 41.0 Å². The lowest BCUT2D eigenvalue weighted by Crippen LogP contribution is -2.46. The summed E-state index contributed by atoms with van der Waals surface area (Å²) >= 11 is 0. The second kappa shape index (κ2) is 29.9. The zero-order valence-electron chi connectivity index (χ0n) is 29.1. The van der Waals surface area contributed by atoms with E-state index in [9.17, 15) is 9.59 Å². The van der Waals surface area contributed by atoms with E-state index in [0.29, 0.717) is 25.9 Å². The van der Waals surface area contributed by atoms with Gasteiger partial charge in [0.1, 0.15) is 0 Å². The molecule has 0 aliphatic heterocycles. The molecule has 2 atom stereocenters. The fraction of sp³-hybridized carbons (Fsp3) is 0.944. The first-order chi connectivity index (χ1) is 20.3. The van der Waals surface area contributed by atoms with Crippen molar-refractivity contribution < 1.29 is 19.1 Å². The molecule has 0 aliphatic rings. The van der Waals surface area contributed by atoms with Crippen molar-refractivity contribution in [1.82, 2.24) is 9.80 Å². The van der Waals surface area contributed by atoms with E-state index in [0.717, 1.165) is 25.7 Å². The van der Waals surface area contributed by atoms with E-state index < -0.39 is 12.2 Å². The molecule has 6 nitrogen and oxygen atoms in total. The minimum atomic E-state index is -0.469. The smallest absolute Gasteiger partial charge is 0.306 e. The summed E-state index contributed by atoms with van der Waals surface area (Å²) in [5.41, 5.74) is 0. The van der Waals surface area contributed by atoms with Crippen LogP contribution in [0.2, 0.25) is 0 Å². The molecule has 0 aliphatic carbocycles. The summed E-state index contributed by atoms with van der Waals surface area (Å²) in [6.07, 6.45) is 27.5. The Morgan fingerprint density at radius 3 is 0.905 bits per heavy atom. The van der Waals surface area contributed by atoms with Crippen molar-refractivity contribution >= 4 is 11.9 Å². The summed E-state index contributed by atoms with van der Waals surface area (Å²) in [5.74, 6) is -0.356. The molecule has 0 radical (unpaired) electrons. The van der Waals surface area contributed by atoms with Crippen molar-refractivity contribution in [1.29, 1.82) is 0 Å². The fourth-order valence-electron chi connectivity index (χ4n) is 5.50.